The van der Waals surface area contributed by atoms with Crippen LogP contribution in [0.25, 0.3) is 0 Å². The van der Waals surface area contributed by atoms with E-state index in [1.54, 1.807) is 0 Å². The van der Waals surface area contributed by atoms with E-state index in [4.69, 9.17) is 25.8 Å². The Bertz CT molecular complexity index is 914. The van der Waals surface area contributed by atoms with E-state index < -0.39 is 23.0 Å². The van der Waals surface area contributed by atoms with Crippen molar-refractivity contribution >= 4 is 29.2 Å². The SMILES string of the molecule is COC(=O)[C@@H](C)OC(=O)c1ccc(Oc2ccc(Cl)cc2[N+](=O)[O-])c(OC)c1. The van der Waals surface area contributed by atoms with Crippen LogP contribution in [0.3, 0.4) is 0 Å². The zero-order chi connectivity index (χ0) is 20.8. The van der Waals surface area contributed by atoms with Gasteiger partial charge in [-0.15, -0.1) is 0 Å². The highest BCUT2D eigenvalue weighted by Crippen LogP contribution is 2.38. The van der Waals surface area contributed by atoms with Gasteiger partial charge in [-0.1, -0.05) is 11.6 Å². The first-order valence-corrected chi connectivity index (χ1v) is 8.23. The minimum absolute atomic E-state index is 0.0534. The number of ether oxygens (including phenoxy) is 4. The van der Waals surface area contributed by atoms with Crippen LogP contribution in [0.1, 0.15) is 17.3 Å². The molecule has 2 aromatic carbocycles. The zero-order valence-electron chi connectivity index (χ0n) is 15.1. The van der Waals surface area contributed by atoms with E-state index >= 15 is 0 Å². The summed E-state index contributed by atoms with van der Waals surface area (Å²) in [5, 5.41) is 11.4. The van der Waals surface area contributed by atoms with Crippen molar-refractivity contribution in [3.05, 3.63) is 57.1 Å². The monoisotopic (exact) mass is 409 g/mol. The number of rotatable bonds is 7. The molecule has 0 unspecified atom stereocenters. The van der Waals surface area contributed by atoms with Gasteiger partial charge >= 0.3 is 17.6 Å². The van der Waals surface area contributed by atoms with Crippen LogP contribution in [0.15, 0.2) is 36.4 Å². The van der Waals surface area contributed by atoms with Gasteiger partial charge in [0.15, 0.2) is 17.6 Å². The molecule has 2 aromatic rings. The summed E-state index contributed by atoms with van der Waals surface area (Å²) >= 11 is 5.78. The predicted octanol–water partition coefficient (Wildman–Crippen LogP) is 3.77. The molecular weight excluding hydrogens is 394 g/mol. The lowest BCUT2D eigenvalue weighted by atomic mass is 10.2. The molecule has 0 radical (unpaired) electrons. The van der Waals surface area contributed by atoms with Gasteiger partial charge in [-0.25, -0.2) is 9.59 Å². The van der Waals surface area contributed by atoms with E-state index in [0.717, 1.165) is 6.07 Å². The van der Waals surface area contributed by atoms with E-state index in [1.165, 1.54) is 51.5 Å². The lowest BCUT2D eigenvalue weighted by molar-refractivity contribution is -0.385. The van der Waals surface area contributed by atoms with E-state index in [0.29, 0.717) is 0 Å². The van der Waals surface area contributed by atoms with Crippen LogP contribution in [0.2, 0.25) is 5.02 Å². The molecule has 0 amide bonds. The Balaban J connectivity index is 2.28. The third-order valence-corrected chi connectivity index (χ3v) is 3.79. The third-order valence-electron chi connectivity index (χ3n) is 3.55. The van der Waals surface area contributed by atoms with Crippen LogP contribution in [0, 0.1) is 10.1 Å². The van der Waals surface area contributed by atoms with Gasteiger partial charge in [-0.05, 0) is 37.3 Å². The van der Waals surface area contributed by atoms with Gasteiger partial charge in [0.05, 0.1) is 24.7 Å². The van der Waals surface area contributed by atoms with E-state index in [-0.39, 0.29) is 33.5 Å². The average molecular weight is 410 g/mol. The molecule has 0 heterocycles. The fourth-order valence-electron chi connectivity index (χ4n) is 2.16. The smallest absolute Gasteiger partial charge is 0.346 e. The van der Waals surface area contributed by atoms with Crippen LogP contribution in [-0.4, -0.2) is 37.2 Å². The molecule has 0 spiro atoms. The first kappa shape index (κ1) is 21.0. The van der Waals surface area contributed by atoms with Gasteiger partial charge in [0.25, 0.3) is 0 Å². The Kier molecular flexibility index (Phi) is 6.78. The Hall–Kier alpha value is -3.33. The average Bonchev–Trinajstić information content (AvgIpc) is 2.68. The number of methoxy groups -OCH3 is 2. The Morgan fingerprint density at radius 1 is 1.07 bits per heavy atom. The summed E-state index contributed by atoms with van der Waals surface area (Å²) in [5.41, 5.74) is -0.240. The summed E-state index contributed by atoms with van der Waals surface area (Å²) in [6.07, 6.45) is -1.09. The quantitative estimate of drug-likeness (QED) is 0.385. The van der Waals surface area contributed by atoms with Gasteiger partial charge in [-0.2, -0.15) is 0 Å². The number of nitro groups is 1. The molecule has 9 nitrogen and oxygen atoms in total. The number of benzene rings is 2. The summed E-state index contributed by atoms with van der Waals surface area (Å²) in [7, 11) is 2.52. The molecule has 0 saturated carbocycles. The van der Waals surface area contributed by atoms with Crippen LogP contribution in [0.4, 0.5) is 5.69 Å². The fourth-order valence-corrected chi connectivity index (χ4v) is 2.33. The fraction of sp³-hybridized carbons (Fsp3) is 0.222. The third kappa shape index (κ3) is 4.89. The van der Waals surface area contributed by atoms with Crippen molar-refractivity contribution in [1.29, 1.82) is 0 Å². The number of hydrogen-bond acceptors (Lipinski definition) is 8. The second-order valence-corrected chi connectivity index (χ2v) is 5.84. The number of esters is 2. The highest BCUT2D eigenvalue weighted by molar-refractivity contribution is 6.30. The molecule has 28 heavy (non-hydrogen) atoms. The first-order chi connectivity index (χ1) is 13.3. The summed E-state index contributed by atoms with van der Waals surface area (Å²) in [4.78, 5) is 34.1. The number of nitro benzene ring substituents is 1. The molecule has 2 rings (SSSR count). The molecule has 0 fully saturated rings. The molecule has 10 heteroatoms. The summed E-state index contributed by atoms with van der Waals surface area (Å²) in [6.45, 7) is 1.37. The standard InChI is InChI=1S/C18H16ClNO8/c1-10(17(21)26-3)27-18(22)11-4-6-15(16(8-11)25-2)28-14-7-5-12(19)9-13(14)20(23)24/h4-10H,1-3H3/t10-/m1/s1. The molecular formula is C18H16ClNO8. The Labute approximate surface area is 164 Å². The van der Waals surface area contributed by atoms with Crippen molar-refractivity contribution in [3.8, 4) is 17.2 Å². The second kappa shape index (κ2) is 9.05. The molecule has 0 aliphatic carbocycles. The number of carbonyl (C=O) groups is 2. The summed E-state index contributed by atoms with van der Waals surface area (Å²) in [6, 6.07) is 8.02. The highest BCUT2D eigenvalue weighted by atomic mass is 35.5. The molecule has 0 aromatic heterocycles. The molecule has 0 aliphatic rings. The number of halogens is 1. The maximum Gasteiger partial charge on any atom is 0.346 e. The van der Waals surface area contributed by atoms with E-state index in [9.17, 15) is 19.7 Å². The molecule has 148 valence electrons. The predicted molar refractivity (Wildman–Crippen MR) is 98.1 cm³/mol. The summed E-state index contributed by atoms with van der Waals surface area (Å²) < 4.78 is 20.2. The van der Waals surface area contributed by atoms with Gasteiger partial charge in [-0.3, -0.25) is 10.1 Å². The van der Waals surface area contributed by atoms with Crippen molar-refractivity contribution in [2.45, 2.75) is 13.0 Å². The van der Waals surface area contributed by atoms with Crippen molar-refractivity contribution in [2.24, 2.45) is 0 Å². The van der Waals surface area contributed by atoms with Crippen LogP contribution in [-0.2, 0) is 14.3 Å². The minimum Gasteiger partial charge on any atom is -0.493 e. The Morgan fingerprint density at radius 3 is 2.36 bits per heavy atom. The zero-order valence-corrected chi connectivity index (χ0v) is 15.9. The molecule has 0 aliphatic heterocycles. The van der Waals surface area contributed by atoms with E-state index in [1.807, 2.05) is 0 Å². The molecule has 0 bridgehead atoms. The van der Waals surface area contributed by atoms with Gasteiger partial charge < -0.3 is 18.9 Å². The molecule has 0 N–H and O–H groups in total. The van der Waals surface area contributed by atoms with Gasteiger partial charge in [0.2, 0.25) is 5.75 Å². The second-order valence-electron chi connectivity index (χ2n) is 5.41. The topological polar surface area (TPSA) is 114 Å². The van der Waals surface area contributed by atoms with Gasteiger partial charge in [0, 0.05) is 11.1 Å². The van der Waals surface area contributed by atoms with E-state index in [2.05, 4.69) is 4.74 Å². The minimum atomic E-state index is -1.09. The maximum absolute atomic E-state index is 12.2. The van der Waals surface area contributed by atoms with Crippen molar-refractivity contribution in [2.75, 3.05) is 14.2 Å². The lowest BCUT2D eigenvalue weighted by Gasteiger charge is -2.13. The molecule has 1 atom stereocenters. The Morgan fingerprint density at radius 2 is 1.75 bits per heavy atom. The lowest BCUT2D eigenvalue weighted by Crippen LogP contribution is -2.25. The van der Waals surface area contributed by atoms with Crippen molar-refractivity contribution in [3.63, 3.8) is 0 Å². The largest absolute Gasteiger partial charge is 0.493 e. The normalized spacial score (nSPS) is 11.3. The van der Waals surface area contributed by atoms with Gasteiger partial charge in [0.1, 0.15) is 0 Å². The van der Waals surface area contributed by atoms with Crippen molar-refractivity contribution in [1.82, 2.24) is 0 Å². The van der Waals surface area contributed by atoms with Crippen LogP contribution >= 0.6 is 11.6 Å². The number of carbonyl (C=O) groups excluding carboxylic acids is 2. The van der Waals surface area contributed by atoms with Crippen molar-refractivity contribution < 1.29 is 33.5 Å². The highest BCUT2D eigenvalue weighted by Gasteiger charge is 2.22. The summed E-state index contributed by atoms with van der Waals surface area (Å²) in [5.74, 6) is -1.27. The van der Waals surface area contributed by atoms with Crippen LogP contribution in [0.5, 0.6) is 17.2 Å². The number of nitrogens with zero attached hydrogens (tertiary/aromatic N) is 1. The van der Waals surface area contributed by atoms with Crippen LogP contribution < -0.4 is 9.47 Å². The number of hydrogen-bond donors (Lipinski definition) is 0. The maximum atomic E-state index is 12.2. The molecule has 0 saturated heterocycles. The first-order valence-electron chi connectivity index (χ1n) is 7.85.